The third-order valence-electron chi connectivity index (χ3n) is 3.09. The molecule has 3 aromatic rings. The number of aliphatic hydroxyl groups excluding tert-OH is 1. The van der Waals surface area contributed by atoms with Crippen LogP contribution in [0.5, 0.6) is 0 Å². The van der Waals surface area contributed by atoms with Crippen LogP contribution in [0.3, 0.4) is 0 Å². The molecule has 2 heterocycles. The largest absolute Gasteiger partial charge is 0.423 e. The number of aromatic nitrogens is 4. The van der Waals surface area contributed by atoms with Crippen molar-refractivity contribution in [2.24, 2.45) is 0 Å². The maximum absolute atomic E-state index is 9.64. The second kappa shape index (κ2) is 6.19. The van der Waals surface area contributed by atoms with Gasteiger partial charge in [-0.2, -0.15) is 4.98 Å². The Labute approximate surface area is 126 Å². The van der Waals surface area contributed by atoms with Gasteiger partial charge in [0.05, 0.1) is 18.2 Å². The number of hydrogen-bond donors (Lipinski definition) is 3. The third kappa shape index (κ3) is 2.86. The van der Waals surface area contributed by atoms with E-state index in [0.29, 0.717) is 11.4 Å². The summed E-state index contributed by atoms with van der Waals surface area (Å²) in [4.78, 5) is 8.10. The first-order valence-corrected chi connectivity index (χ1v) is 6.59. The summed E-state index contributed by atoms with van der Waals surface area (Å²) in [7, 11) is 0. The summed E-state index contributed by atoms with van der Waals surface area (Å²) >= 11 is 0. The molecule has 0 unspecified atom stereocenters. The molecule has 0 fully saturated rings. The fourth-order valence-electron chi connectivity index (χ4n) is 2.04. The molecule has 0 radical (unpaired) electrons. The van der Waals surface area contributed by atoms with Crippen LogP contribution in [0.25, 0.3) is 11.5 Å². The molecule has 8 nitrogen and oxygen atoms in total. The topological polar surface area (TPSA) is 123 Å². The summed E-state index contributed by atoms with van der Waals surface area (Å²) in [5.41, 5.74) is 7.08. The predicted octanol–water partition coefficient (Wildman–Crippen LogP) is 1.25. The first-order valence-electron chi connectivity index (χ1n) is 6.59. The van der Waals surface area contributed by atoms with E-state index in [1.807, 2.05) is 30.3 Å². The van der Waals surface area contributed by atoms with Crippen LogP contribution in [0.2, 0.25) is 0 Å². The summed E-state index contributed by atoms with van der Waals surface area (Å²) < 4.78 is 5.18. The molecular weight excluding hydrogens is 284 g/mol. The molecule has 0 bridgehead atoms. The van der Waals surface area contributed by atoms with Gasteiger partial charge in [-0.1, -0.05) is 30.3 Å². The SMILES string of the molecule is Nc1ncc(-c2nnco2)c(N[C@H](CO)c2ccccc2)n1. The van der Waals surface area contributed by atoms with Crippen molar-refractivity contribution in [3.05, 3.63) is 48.5 Å². The Hall–Kier alpha value is -3.00. The fraction of sp³-hybridized carbons (Fsp3) is 0.143. The van der Waals surface area contributed by atoms with Crippen molar-refractivity contribution in [1.29, 1.82) is 0 Å². The van der Waals surface area contributed by atoms with Crippen LogP contribution >= 0.6 is 0 Å². The summed E-state index contributed by atoms with van der Waals surface area (Å²) in [6.07, 6.45) is 2.72. The van der Waals surface area contributed by atoms with Gasteiger partial charge >= 0.3 is 0 Å². The third-order valence-corrected chi connectivity index (χ3v) is 3.09. The van der Waals surface area contributed by atoms with Crippen LogP contribution < -0.4 is 11.1 Å². The van der Waals surface area contributed by atoms with E-state index in [4.69, 9.17) is 10.2 Å². The highest BCUT2D eigenvalue weighted by molar-refractivity contribution is 5.69. The number of benzene rings is 1. The molecule has 0 saturated heterocycles. The average Bonchev–Trinajstić information content (AvgIpc) is 3.08. The molecule has 8 heteroatoms. The van der Waals surface area contributed by atoms with E-state index < -0.39 is 0 Å². The summed E-state index contributed by atoms with van der Waals surface area (Å²) in [6.45, 7) is -0.114. The van der Waals surface area contributed by atoms with Crippen LogP contribution in [0.1, 0.15) is 11.6 Å². The molecule has 3 rings (SSSR count). The number of aliphatic hydroxyl groups is 1. The molecule has 0 aliphatic heterocycles. The van der Waals surface area contributed by atoms with E-state index in [9.17, 15) is 5.11 Å². The minimum atomic E-state index is -0.350. The number of nitrogens with one attached hydrogen (secondary N) is 1. The molecule has 4 N–H and O–H groups in total. The van der Waals surface area contributed by atoms with Crippen LogP contribution in [0.15, 0.2) is 47.3 Å². The van der Waals surface area contributed by atoms with Gasteiger partial charge in [-0.3, -0.25) is 0 Å². The van der Waals surface area contributed by atoms with E-state index in [-0.39, 0.29) is 24.5 Å². The summed E-state index contributed by atoms with van der Waals surface area (Å²) in [5, 5.41) is 20.3. The molecule has 112 valence electrons. The Balaban J connectivity index is 1.95. The quantitative estimate of drug-likeness (QED) is 0.643. The van der Waals surface area contributed by atoms with Crippen LogP contribution in [-0.2, 0) is 0 Å². The maximum Gasteiger partial charge on any atom is 0.252 e. The summed E-state index contributed by atoms with van der Waals surface area (Å²) in [6, 6.07) is 9.16. The molecular formula is C14H14N6O2. The number of nitrogens with two attached hydrogens (primary N) is 1. The fourth-order valence-corrected chi connectivity index (χ4v) is 2.04. The minimum absolute atomic E-state index is 0.107. The highest BCUT2D eigenvalue weighted by Crippen LogP contribution is 2.27. The lowest BCUT2D eigenvalue weighted by Gasteiger charge is -2.18. The van der Waals surface area contributed by atoms with Crippen LogP contribution in [0, 0.1) is 0 Å². The van der Waals surface area contributed by atoms with Gasteiger partial charge in [0.2, 0.25) is 12.3 Å². The van der Waals surface area contributed by atoms with Crippen molar-refractivity contribution in [2.75, 3.05) is 17.7 Å². The number of hydrogen-bond acceptors (Lipinski definition) is 8. The van der Waals surface area contributed by atoms with Crippen molar-refractivity contribution in [3.8, 4) is 11.5 Å². The van der Waals surface area contributed by atoms with Gasteiger partial charge in [0.15, 0.2) is 0 Å². The number of nitrogens with zero attached hydrogens (tertiary/aromatic N) is 4. The monoisotopic (exact) mass is 298 g/mol. The second-order valence-electron chi connectivity index (χ2n) is 4.52. The van der Waals surface area contributed by atoms with Crippen molar-refractivity contribution in [3.63, 3.8) is 0 Å². The molecule has 22 heavy (non-hydrogen) atoms. The Kier molecular flexibility index (Phi) is 3.92. The number of rotatable bonds is 5. The number of anilines is 2. The van der Waals surface area contributed by atoms with E-state index in [0.717, 1.165) is 5.56 Å². The average molecular weight is 298 g/mol. The van der Waals surface area contributed by atoms with Gasteiger partial charge in [-0.15, -0.1) is 10.2 Å². The minimum Gasteiger partial charge on any atom is -0.423 e. The van der Waals surface area contributed by atoms with E-state index in [1.165, 1.54) is 12.6 Å². The Bertz CT molecular complexity index is 732. The standard InChI is InChI=1S/C14H14N6O2/c15-14-16-6-10(13-20-17-8-22-13)12(19-14)18-11(7-21)9-4-2-1-3-5-9/h1-6,8,11,21H,7H2,(H3,15,16,18,19)/t11-/m1/s1. The summed E-state index contributed by atoms with van der Waals surface area (Å²) in [5.74, 6) is 0.794. The zero-order chi connectivity index (χ0) is 15.4. The van der Waals surface area contributed by atoms with Gasteiger partial charge in [-0.25, -0.2) is 4.98 Å². The first-order chi connectivity index (χ1) is 10.8. The number of nitrogen functional groups attached to an aromatic ring is 1. The lowest BCUT2D eigenvalue weighted by Crippen LogP contribution is -2.17. The van der Waals surface area contributed by atoms with E-state index in [1.54, 1.807) is 0 Å². The zero-order valence-electron chi connectivity index (χ0n) is 11.5. The Morgan fingerprint density at radius 1 is 1.27 bits per heavy atom. The second-order valence-corrected chi connectivity index (χ2v) is 4.52. The van der Waals surface area contributed by atoms with Gasteiger partial charge in [-0.05, 0) is 5.56 Å². The van der Waals surface area contributed by atoms with Crippen molar-refractivity contribution >= 4 is 11.8 Å². The normalized spacial score (nSPS) is 12.0. The Morgan fingerprint density at radius 2 is 2.09 bits per heavy atom. The highest BCUT2D eigenvalue weighted by Gasteiger charge is 2.17. The predicted molar refractivity (Wildman–Crippen MR) is 79.6 cm³/mol. The maximum atomic E-state index is 9.64. The van der Waals surface area contributed by atoms with Gasteiger partial charge in [0, 0.05) is 6.20 Å². The highest BCUT2D eigenvalue weighted by atomic mass is 16.4. The molecule has 1 aromatic carbocycles. The first kappa shape index (κ1) is 14.0. The molecule has 0 saturated carbocycles. The smallest absolute Gasteiger partial charge is 0.252 e. The molecule has 0 amide bonds. The van der Waals surface area contributed by atoms with Crippen LogP contribution in [-0.4, -0.2) is 31.9 Å². The van der Waals surface area contributed by atoms with Crippen molar-refractivity contribution in [1.82, 2.24) is 20.2 Å². The zero-order valence-corrected chi connectivity index (χ0v) is 11.5. The van der Waals surface area contributed by atoms with E-state index in [2.05, 4.69) is 25.5 Å². The lowest BCUT2D eigenvalue weighted by atomic mass is 10.1. The molecule has 2 aromatic heterocycles. The lowest BCUT2D eigenvalue weighted by molar-refractivity contribution is 0.276. The molecule has 1 atom stereocenters. The molecule has 0 aliphatic carbocycles. The van der Waals surface area contributed by atoms with Gasteiger partial charge in [0.1, 0.15) is 5.82 Å². The molecule has 0 spiro atoms. The van der Waals surface area contributed by atoms with E-state index >= 15 is 0 Å². The Morgan fingerprint density at radius 3 is 2.77 bits per heavy atom. The van der Waals surface area contributed by atoms with Gasteiger partial charge < -0.3 is 20.6 Å². The molecule has 0 aliphatic rings. The van der Waals surface area contributed by atoms with Crippen LogP contribution in [0.4, 0.5) is 11.8 Å². The van der Waals surface area contributed by atoms with Gasteiger partial charge in [0.25, 0.3) is 5.89 Å². The van der Waals surface area contributed by atoms with Crippen molar-refractivity contribution in [2.45, 2.75) is 6.04 Å². The van der Waals surface area contributed by atoms with Crippen molar-refractivity contribution < 1.29 is 9.52 Å².